The molecule has 80 valence electrons. The fourth-order valence-corrected chi connectivity index (χ4v) is 1.12. The summed E-state index contributed by atoms with van der Waals surface area (Å²) in [6, 6.07) is 6.79. The molecule has 0 saturated heterocycles. The maximum atomic E-state index is 11.3. The lowest BCUT2D eigenvalue weighted by Gasteiger charge is -2.14. The van der Waals surface area contributed by atoms with Crippen LogP contribution in [0.1, 0.15) is 18.9 Å². The van der Waals surface area contributed by atoms with Crippen molar-refractivity contribution in [1.29, 1.82) is 0 Å². The molecule has 0 spiro atoms. The van der Waals surface area contributed by atoms with E-state index in [2.05, 4.69) is 0 Å². The van der Waals surface area contributed by atoms with Crippen LogP contribution in [0.3, 0.4) is 0 Å². The van der Waals surface area contributed by atoms with Crippen molar-refractivity contribution in [2.45, 2.75) is 20.3 Å². The van der Waals surface area contributed by atoms with Gasteiger partial charge in [0.1, 0.15) is 5.78 Å². The molecule has 15 heavy (non-hydrogen) atoms. The second-order valence-electron chi connectivity index (χ2n) is 3.42. The van der Waals surface area contributed by atoms with E-state index in [0.29, 0.717) is 10.8 Å². The number of rotatable bonds is 3. The molecule has 0 aromatic heterocycles. The minimum absolute atomic E-state index is 0.272. The van der Waals surface area contributed by atoms with Gasteiger partial charge in [-0.05, 0) is 26.0 Å². The molecule has 0 atom stereocenters. The molecular weight excluding hydrogens is 194 g/mol. The van der Waals surface area contributed by atoms with Crippen molar-refractivity contribution in [1.82, 2.24) is 0 Å². The lowest BCUT2D eigenvalue weighted by molar-refractivity contribution is -0.128. The number of carbonyl (C=O) groups is 2. The van der Waals surface area contributed by atoms with Crippen molar-refractivity contribution in [2.24, 2.45) is 0 Å². The van der Waals surface area contributed by atoms with Crippen LogP contribution in [0.5, 0.6) is 0 Å². The largest absolute Gasteiger partial charge is 0.299 e. The minimum Gasteiger partial charge on any atom is -0.299 e. The first kappa shape index (κ1) is 11.4. The van der Waals surface area contributed by atoms with E-state index in [4.69, 9.17) is 0 Å². The molecule has 0 bridgehead atoms. The van der Waals surface area contributed by atoms with Gasteiger partial charge in [-0.1, -0.05) is 17.7 Å². The van der Waals surface area contributed by atoms with E-state index in [1.807, 2.05) is 6.92 Å². The molecule has 4 nitrogen and oxygen atoms in total. The average Bonchev–Trinajstić information content (AvgIpc) is 2.17. The summed E-state index contributed by atoms with van der Waals surface area (Å²) in [5.74, 6) is -0.891. The van der Waals surface area contributed by atoms with Gasteiger partial charge in [-0.15, -0.1) is 0 Å². The van der Waals surface area contributed by atoms with Gasteiger partial charge in [0.15, 0.2) is 0 Å². The van der Waals surface area contributed by atoms with Crippen LogP contribution in [0, 0.1) is 6.92 Å². The highest BCUT2D eigenvalue weighted by Crippen LogP contribution is 2.13. The summed E-state index contributed by atoms with van der Waals surface area (Å²) >= 11 is 0. The van der Waals surface area contributed by atoms with Gasteiger partial charge in [-0.3, -0.25) is 14.8 Å². The number of nitrogens with zero attached hydrogens (tertiary/aromatic N) is 1. The van der Waals surface area contributed by atoms with Gasteiger partial charge in [-0.25, -0.2) is 0 Å². The van der Waals surface area contributed by atoms with Gasteiger partial charge < -0.3 is 0 Å². The number of hydrogen-bond acceptors (Lipinski definition) is 3. The zero-order valence-electron chi connectivity index (χ0n) is 8.73. The Bertz CT molecular complexity index is 370. The van der Waals surface area contributed by atoms with Crippen LogP contribution in [-0.2, 0) is 9.59 Å². The zero-order chi connectivity index (χ0) is 11.4. The van der Waals surface area contributed by atoms with Crippen LogP contribution in [0.15, 0.2) is 24.3 Å². The highest BCUT2D eigenvalue weighted by Gasteiger charge is 2.14. The Hall–Kier alpha value is -1.68. The van der Waals surface area contributed by atoms with Gasteiger partial charge in [0.2, 0.25) is 0 Å². The van der Waals surface area contributed by atoms with Crippen LogP contribution < -0.4 is 5.06 Å². The fourth-order valence-electron chi connectivity index (χ4n) is 1.12. The molecule has 0 fully saturated rings. The van der Waals surface area contributed by atoms with Crippen LogP contribution in [0.25, 0.3) is 0 Å². The first-order chi connectivity index (χ1) is 7.00. The van der Waals surface area contributed by atoms with Crippen molar-refractivity contribution >= 4 is 17.4 Å². The SMILES string of the molecule is CC(=O)CC(=O)N(O)c1ccc(C)cc1. The summed E-state index contributed by atoms with van der Waals surface area (Å²) in [6.45, 7) is 3.21. The second kappa shape index (κ2) is 4.70. The fraction of sp³-hybridized carbons (Fsp3) is 0.273. The molecule has 1 rings (SSSR count). The van der Waals surface area contributed by atoms with E-state index in [9.17, 15) is 14.8 Å². The molecule has 0 aliphatic rings. The number of hydroxylamine groups is 1. The van der Waals surface area contributed by atoms with Crippen molar-refractivity contribution in [3.63, 3.8) is 0 Å². The first-order valence-electron chi connectivity index (χ1n) is 4.58. The third kappa shape index (κ3) is 3.18. The Kier molecular flexibility index (Phi) is 3.57. The Morgan fingerprint density at radius 3 is 2.27 bits per heavy atom. The Morgan fingerprint density at radius 2 is 1.80 bits per heavy atom. The number of benzene rings is 1. The summed E-state index contributed by atoms with van der Waals surface area (Å²) in [5, 5.41) is 9.96. The summed E-state index contributed by atoms with van der Waals surface area (Å²) < 4.78 is 0. The van der Waals surface area contributed by atoms with Gasteiger partial charge in [0, 0.05) is 0 Å². The maximum Gasteiger partial charge on any atom is 0.258 e. The average molecular weight is 207 g/mol. The second-order valence-corrected chi connectivity index (χ2v) is 3.42. The van der Waals surface area contributed by atoms with Gasteiger partial charge in [0.25, 0.3) is 5.91 Å². The Balaban J connectivity index is 2.76. The molecule has 0 saturated carbocycles. The lowest BCUT2D eigenvalue weighted by Crippen LogP contribution is -2.28. The van der Waals surface area contributed by atoms with E-state index < -0.39 is 5.91 Å². The van der Waals surface area contributed by atoms with Crippen LogP contribution in [0.4, 0.5) is 5.69 Å². The van der Waals surface area contributed by atoms with Crippen LogP contribution in [-0.4, -0.2) is 16.9 Å². The van der Waals surface area contributed by atoms with E-state index >= 15 is 0 Å². The van der Waals surface area contributed by atoms with Gasteiger partial charge >= 0.3 is 0 Å². The molecule has 0 radical (unpaired) electrons. The number of anilines is 1. The molecule has 0 aliphatic carbocycles. The summed E-state index contributed by atoms with van der Waals surface area (Å²) in [6.07, 6.45) is -0.287. The highest BCUT2D eigenvalue weighted by molar-refractivity contribution is 6.03. The van der Waals surface area contributed by atoms with Gasteiger partial charge in [-0.2, -0.15) is 5.06 Å². The number of hydrogen-bond donors (Lipinski definition) is 1. The van der Waals surface area contributed by atoms with E-state index in [-0.39, 0.29) is 12.2 Å². The third-order valence-electron chi connectivity index (χ3n) is 1.91. The number of ketones is 1. The number of Topliss-reactive ketones (excluding diaryl/α,β-unsaturated/α-hetero) is 1. The summed E-state index contributed by atoms with van der Waals surface area (Å²) in [4.78, 5) is 22.0. The molecule has 1 N–H and O–H groups in total. The van der Waals surface area contributed by atoms with E-state index in [1.54, 1.807) is 24.3 Å². The zero-order valence-corrected chi connectivity index (χ0v) is 8.73. The summed E-state index contributed by atoms with van der Waals surface area (Å²) in [5.41, 5.74) is 1.40. The molecule has 1 amide bonds. The van der Waals surface area contributed by atoms with E-state index in [1.165, 1.54) is 6.92 Å². The van der Waals surface area contributed by atoms with Crippen molar-refractivity contribution in [2.75, 3.05) is 5.06 Å². The molecule has 1 aromatic carbocycles. The topological polar surface area (TPSA) is 57.6 Å². The summed E-state index contributed by atoms with van der Waals surface area (Å²) in [7, 11) is 0. The number of carbonyl (C=O) groups excluding carboxylic acids is 2. The Morgan fingerprint density at radius 1 is 1.27 bits per heavy atom. The van der Waals surface area contributed by atoms with E-state index in [0.717, 1.165) is 5.56 Å². The predicted octanol–water partition coefficient (Wildman–Crippen LogP) is 1.70. The molecule has 0 heterocycles. The molecule has 0 aliphatic heterocycles. The monoisotopic (exact) mass is 207 g/mol. The quantitative estimate of drug-likeness (QED) is 0.466. The predicted molar refractivity (Wildman–Crippen MR) is 55.7 cm³/mol. The molecule has 0 unspecified atom stereocenters. The first-order valence-corrected chi connectivity index (χ1v) is 4.58. The number of aryl methyl sites for hydroxylation is 1. The standard InChI is InChI=1S/C11H13NO3/c1-8-3-5-10(6-4-8)12(15)11(14)7-9(2)13/h3-6,15H,7H2,1-2H3. The van der Waals surface area contributed by atoms with Crippen LogP contribution >= 0.6 is 0 Å². The van der Waals surface area contributed by atoms with Gasteiger partial charge in [0.05, 0.1) is 12.1 Å². The highest BCUT2D eigenvalue weighted by atomic mass is 16.5. The van der Waals surface area contributed by atoms with Crippen molar-refractivity contribution in [3.8, 4) is 0 Å². The number of amides is 1. The molecule has 4 heteroatoms. The normalized spacial score (nSPS) is 9.80. The molecule has 1 aromatic rings. The van der Waals surface area contributed by atoms with Crippen molar-refractivity contribution < 1.29 is 14.8 Å². The van der Waals surface area contributed by atoms with Crippen LogP contribution in [0.2, 0.25) is 0 Å². The molecular formula is C11H13NO3. The third-order valence-corrected chi connectivity index (χ3v) is 1.91. The van der Waals surface area contributed by atoms with Crippen molar-refractivity contribution in [3.05, 3.63) is 29.8 Å². The maximum absolute atomic E-state index is 11.3. The lowest BCUT2D eigenvalue weighted by atomic mass is 10.2. The Labute approximate surface area is 88.1 Å². The smallest absolute Gasteiger partial charge is 0.258 e. The minimum atomic E-state index is -0.619.